The first-order valence-corrected chi connectivity index (χ1v) is 10.9. The van der Waals surface area contributed by atoms with Crippen LogP contribution in [0.1, 0.15) is 33.9 Å². The van der Waals surface area contributed by atoms with E-state index in [9.17, 15) is 4.79 Å². The highest BCUT2D eigenvalue weighted by molar-refractivity contribution is 7.10. The number of rotatable bonds is 6. The molecule has 4 aromatic rings. The van der Waals surface area contributed by atoms with E-state index in [1.165, 1.54) is 0 Å². The van der Waals surface area contributed by atoms with Gasteiger partial charge in [0.15, 0.2) is 0 Å². The van der Waals surface area contributed by atoms with E-state index < -0.39 is 0 Å². The number of amides is 1. The van der Waals surface area contributed by atoms with Crippen molar-refractivity contribution in [2.45, 2.75) is 13.0 Å². The van der Waals surface area contributed by atoms with Gasteiger partial charge in [-0.1, -0.05) is 6.07 Å². The highest BCUT2D eigenvalue weighted by Crippen LogP contribution is 2.46. The van der Waals surface area contributed by atoms with E-state index in [1.807, 2.05) is 71.8 Å². The van der Waals surface area contributed by atoms with Crippen LogP contribution in [0.5, 0.6) is 11.5 Å². The Kier molecular flexibility index (Phi) is 4.95. The van der Waals surface area contributed by atoms with Crippen molar-refractivity contribution in [2.75, 3.05) is 18.6 Å². The molecule has 1 aliphatic heterocycles. The predicted octanol–water partition coefficient (Wildman–Crippen LogP) is 5.30. The number of benzene rings is 2. The zero-order chi connectivity index (χ0) is 21.4. The van der Waals surface area contributed by atoms with Crippen LogP contribution in [0.25, 0.3) is 11.3 Å². The minimum atomic E-state index is -0.253. The zero-order valence-corrected chi connectivity index (χ0v) is 18.0. The summed E-state index contributed by atoms with van der Waals surface area (Å²) in [6, 6.07) is 19.2. The molecule has 1 aliphatic rings. The van der Waals surface area contributed by atoms with Gasteiger partial charge in [0.05, 0.1) is 19.4 Å². The summed E-state index contributed by atoms with van der Waals surface area (Å²) in [4.78, 5) is 16.4. The average Bonchev–Trinajstić information content (AvgIpc) is 3.53. The van der Waals surface area contributed by atoms with Gasteiger partial charge < -0.3 is 9.47 Å². The molecule has 1 amide bonds. The molecular weight excluding hydrogens is 410 g/mol. The maximum absolute atomic E-state index is 13.5. The lowest BCUT2D eigenvalue weighted by Crippen LogP contribution is -2.28. The number of carbonyl (C=O) groups is 1. The van der Waals surface area contributed by atoms with Crippen LogP contribution in [-0.4, -0.2) is 29.8 Å². The minimum Gasteiger partial charge on any atom is -0.497 e. The van der Waals surface area contributed by atoms with Crippen molar-refractivity contribution in [3.63, 3.8) is 0 Å². The Morgan fingerprint density at radius 3 is 2.45 bits per heavy atom. The SMILES string of the molecule is CCOc1ccc(N2C(=O)c3[nH]nc(-c4ccc(OC)cc4)c3[C@@H]2c2cccs2)cc1. The molecule has 0 spiro atoms. The summed E-state index contributed by atoms with van der Waals surface area (Å²) in [6.07, 6.45) is 0. The number of nitrogens with one attached hydrogen (secondary N) is 1. The number of hydrogen-bond donors (Lipinski definition) is 1. The maximum atomic E-state index is 13.5. The lowest BCUT2D eigenvalue weighted by atomic mass is 10.0. The fourth-order valence-electron chi connectivity index (χ4n) is 3.97. The standard InChI is InChI=1S/C24H21N3O3S/c1-3-30-18-12-8-16(9-13-18)27-23(19-5-4-14-31-19)20-21(25-26-22(20)24(27)28)15-6-10-17(29-2)11-7-15/h4-14,23H,3H2,1-2H3,(H,25,26)/t23-/m0/s1. The van der Waals surface area contributed by atoms with Gasteiger partial charge in [-0.3, -0.25) is 14.8 Å². The first kappa shape index (κ1) is 19.4. The molecule has 156 valence electrons. The number of aromatic nitrogens is 2. The number of aromatic amines is 1. The van der Waals surface area contributed by atoms with Crippen LogP contribution in [-0.2, 0) is 0 Å². The quantitative estimate of drug-likeness (QED) is 0.450. The van der Waals surface area contributed by atoms with Crippen molar-refractivity contribution < 1.29 is 14.3 Å². The molecular formula is C24H21N3O3S. The summed E-state index contributed by atoms with van der Waals surface area (Å²) >= 11 is 1.63. The van der Waals surface area contributed by atoms with E-state index in [-0.39, 0.29) is 11.9 Å². The molecule has 1 atom stereocenters. The van der Waals surface area contributed by atoms with Gasteiger partial charge in [-0.25, -0.2) is 0 Å². The molecule has 0 unspecified atom stereocenters. The van der Waals surface area contributed by atoms with Crippen molar-refractivity contribution in [2.24, 2.45) is 0 Å². The summed E-state index contributed by atoms with van der Waals surface area (Å²) in [7, 11) is 1.64. The highest BCUT2D eigenvalue weighted by atomic mass is 32.1. The number of H-pyrrole nitrogens is 1. The van der Waals surface area contributed by atoms with Crippen LogP contribution < -0.4 is 14.4 Å². The lowest BCUT2D eigenvalue weighted by Gasteiger charge is -2.25. The molecule has 1 N–H and O–H groups in total. The van der Waals surface area contributed by atoms with Crippen LogP contribution in [0.3, 0.4) is 0 Å². The molecule has 0 fully saturated rings. The number of fused-ring (bicyclic) bond motifs is 1. The second kappa shape index (κ2) is 7.92. The number of ether oxygens (including phenoxy) is 2. The lowest BCUT2D eigenvalue weighted by molar-refractivity contribution is 0.0989. The highest BCUT2D eigenvalue weighted by Gasteiger charge is 2.43. The minimum absolute atomic E-state index is 0.0928. The molecule has 3 heterocycles. The smallest absolute Gasteiger partial charge is 0.277 e. The summed E-state index contributed by atoms with van der Waals surface area (Å²) in [6.45, 7) is 2.55. The molecule has 7 heteroatoms. The molecule has 0 saturated carbocycles. The number of methoxy groups -OCH3 is 1. The first-order valence-electron chi connectivity index (χ1n) is 10.0. The van der Waals surface area contributed by atoms with Crippen molar-refractivity contribution in [1.82, 2.24) is 10.2 Å². The summed E-state index contributed by atoms with van der Waals surface area (Å²) in [5, 5.41) is 9.53. The van der Waals surface area contributed by atoms with Crippen LogP contribution in [0.2, 0.25) is 0 Å². The third-order valence-electron chi connectivity index (χ3n) is 5.37. The topological polar surface area (TPSA) is 67.5 Å². The zero-order valence-electron chi connectivity index (χ0n) is 17.2. The molecule has 2 aromatic heterocycles. The van der Waals surface area contributed by atoms with Gasteiger partial charge in [-0.05, 0) is 66.9 Å². The van der Waals surface area contributed by atoms with E-state index in [1.54, 1.807) is 18.4 Å². The third kappa shape index (κ3) is 3.27. The Morgan fingerprint density at radius 1 is 1.06 bits per heavy atom. The molecule has 0 radical (unpaired) electrons. The third-order valence-corrected chi connectivity index (χ3v) is 6.30. The van der Waals surface area contributed by atoms with Crippen LogP contribution >= 0.6 is 11.3 Å². The molecule has 31 heavy (non-hydrogen) atoms. The Morgan fingerprint density at radius 2 is 1.81 bits per heavy atom. The van der Waals surface area contributed by atoms with Gasteiger partial charge in [0.1, 0.15) is 23.2 Å². The number of carbonyl (C=O) groups excluding carboxylic acids is 1. The number of hydrogen-bond acceptors (Lipinski definition) is 5. The van der Waals surface area contributed by atoms with Crippen LogP contribution in [0.15, 0.2) is 66.0 Å². The Labute approximate surface area is 184 Å². The first-order chi connectivity index (χ1) is 15.2. The van der Waals surface area contributed by atoms with E-state index in [4.69, 9.17) is 9.47 Å². The average molecular weight is 432 g/mol. The van der Waals surface area contributed by atoms with Crippen LogP contribution in [0.4, 0.5) is 5.69 Å². The van der Waals surface area contributed by atoms with Gasteiger partial charge in [0, 0.05) is 21.7 Å². The molecule has 6 nitrogen and oxygen atoms in total. The van der Waals surface area contributed by atoms with Crippen molar-refractivity contribution in [1.29, 1.82) is 0 Å². The molecule has 2 aromatic carbocycles. The van der Waals surface area contributed by atoms with E-state index in [0.29, 0.717) is 12.3 Å². The Hall–Kier alpha value is -3.58. The summed E-state index contributed by atoms with van der Waals surface area (Å²) in [5.74, 6) is 1.47. The van der Waals surface area contributed by atoms with Gasteiger partial charge >= 0.3 is 0 Å². The fraction of sp³-hybridized carbons (Fsp3) is 0.167. The van der Waals surface area contributed by atoms with Gasteiger partial charge in [-0.15, -0.1) is 11.3 Å². The summed E-state index contributed by atoms with van der Waals surface area (Å²) < 4.78 is 10.8. The van der Waals surface area contributed by atoms with Gasteiger partial charge in [-0.2, -0.15) is 5.10 Å². The van der Waals surface area contributed by atoms with Crippen molar-refractivity contribution >= 4 is 22.9 Å². The Balaban J connectivity index is 1.62. The summed E-state index contributed by atoms with van der Waals surface area (Å²) in [5.41, 5.74) is 3.95. The van der Waals surface area contributed by atoms with Gasteiger partial charge in [0.25, 0.3) is 5.91 Å². The van der Waals surface area contributed by atoms with E-state index in [2.05, 4.69) is 16.3 Å². The molecule has 0 aliphatic carbocycles. The van der Waals surface area contributed by atoms with Crippen LogP contribution in [0, 0.1) is 0 Å². The van der Waals surface area contributed by atoms with Gasteiger partial charge in [0.2, 0.25) is 0 Å². The predicted molar refractivity (Wildman–Crippen MR) is 121 cm³/mol. The number of nitrogens with zero attached hydrogens (tertiary/aromatic N) is 2. The maximum Gasteiger partial charge on any atom is 0.277 e. The van der Waals surface area contributed by atoms with Crippen molar-refractivity contribution in [3.8, 4) is 22.8 Å². The molecule has 0 bridgehead atoms. The fourth-order valence-corrected chi connectivity index (χ4v) is 4.79. The van der Waals surface area contributed by atoms with E-state index >= 15 is 0 Å². The number of thiophene rings is 1. The number of anilines is 1. The second-order valence-electron chi connectivity index (χ2n) is 7.11. The second-order valence-corrected chi connectivity index (χ2v) is 8.09. The molecule has 5 rings (SSSR count). The largest absolute Gasteiger partial charge is 0.497 e. The normalized spacial score (nSPS) is 15.2. The van der Waals surface area contributed by atoms with E-state index in [0.717, 1.165) is 38.9 Å². The van der Waals surface area contributed by atoms with Crippen molar-refractivity contribution in [3.05, 3.63) is 82.2 Å². The molecule has 0 saturated heterocycles. The Bertz CT molecular complexity index is 1200. The monoisotopic (exact) mass is 431 g/mol.